The van der Waals surface area contributed by atoms with E-state index < -0.39 is 11.6 Å². The quantitative estimate of drug-likeness (QED) is 0.220. The number of rotatable bonds is 1. The highest BCUT2D eigenvalue weighted by Gasteiger charge is 2.18. The average molecular weight is 470 g/mol. The van der Waals surface area contributed by atoms with Crippen LogP contribution in [-0.4, -0.2) is 4.98 Å². The van der Waals surface area contributed by atoms with E-state index >= 15 is 0 Å². The molecule has 0 aliphatic heterocycles. The lowest BCUT2D eigenvalue weighted by atomic mass is 9.90. The highest BCUT2D eigenvalue weighted by atomic mass is 79.9. The predicted octanol–water partition coefficient (Wildman–Crippen LogP) is 8.40. The summed E-state index contributed by atoms with van der Waals surface area (Å²) in [7, 11) is 0. The number of nitrogens with zero attached hydrogens (tertiary/aromatic N) is 1. The SMILES string of the molecule is Fc1cc(F)cc(-c2nc3cc(Br)ccc3c3c4ccccc4c4ccccc4c23)c1. The van der Waals surface area contributed by atoms with Gasteiger partial charge in [-0.1, -0.05) is 70.5 Å². The first-order valence-corrected chi connectivity index (χ1v) is 10.7. The first kappa shape index (κ1) is 18.4. The van der Waals surface area contributed by atoms with Crippen LogP contribution in [0.4, 0.5) is 8.78 Å². The van der Waals surface area contributed by atoms with Gasteiger partial charge in [-0.25, -0.2) is 13.8 Å². The number of hydrogen-bond acceptors (Lipinski definition) is 1. The smallest absolute Gasteiger partial charge is 0.126 e. The number of fused-ring (bicyclic) bond motifs is 8. The van der Waals surface area contributed by atoms with E-state index in [0.29, 0.717) is 11.3 Å². The fraction of sp³-hybridized carbons (Fsp3) is 0. The zero-order valence-corrected chi connectivity index (χ0v) is 17.8. The molecule has 1 heterocycles. The van der Waals surface area contributed by atoms with Crippen LogP contribution in [0.5, 0.6) is 0 Å². The molecule has 0 N–H and O–H groups in total. The molecule has 1 aromatic heterocycles. The lowest BCUT2D eigenvalue weighted by molar-refractivity contribution is 0.584. The van der Waals surface area contributed by atoms with Crippen molar-refractivity contribution < 1.29 is 8.78 Å². The normalized spacial score (nSPS) is 11.7. The third-order valence-electron chi connectivity index (χ3n) is 5.77. The maximum absolute atomic E-state index is 14.2. The Kier molecular flexibility index (Phi) is 4.05. The monoisotopic (exact) mass is 469 g/mol. The third-order valence-corrected chi connectivity index (χ3v) is 6.26. The number of hydrogen-bond donors (Lipinski definition) is 0. The van der Waals surface area contributed by atoms with Crippen LogP contribution in [0.25, 0.3) is 54.5 Å². The molecule has 0 atom stereocenters. The van der Waals surface area contributed by atoms with Crippen molar-refractivity contribution in [3.8, 4) is 11.3 Å². The fourth-order valence-electron chi connectivity index (χ4n) is 4.55. The van der Waals surface area contributed by atoms with Gasteiger partial charge < -0.3 is 0 Å². The number of pyridine rings is 1. The van der Waals surface area contributed by atoms with Crippen molar-refractivity contribution >= 4 is 59.2 Å². The lowest BCUT2D eigenvalue weighted by Crippen LogP contribution is -1.94. The van der Waals surface area contributed by atoms with Crippen molar-refractivity contribution in [1.29, 1.82) is 0 Å². The van der Waals surface area contributed by atoms with Gasteiger partial charge in [0, 0.05) is 32.3 Å². The maximum Gasteiger partial charge on any atom is 0.126 e. The fourth-order valence-corrected chi connectivity index (χ4v) is 4.90. The van der Waals surface area contributed by atoms with E-state index in [2.05, 4.69) is 40.2 Å². The summed E-state index contributed by atoms with van der Waals surface area (Å²) in [6.45, 7) is 0. The molecule has 6 aromatic rings. The highest BCUT2D eigenvalue weighted by Crippen LogP contribution is 2.43. The Morgan fingerprint density at radius 1 is 0.581 bits per heavy atom. The summed E-state index contributed by atoms with van der Waals surface area (Å²) >= 11 is 3.53. The molecule has 0 aliphatic carbocycles. The van der Waals surface area contributed by atoms with Crippen LogP contribution in [0.15, 0.2) is 89.4 Å². The molecule has 1 nitrogen and oxygen atoms in total. The van der Waals surface area contributed by atoms with Crippen molar-refractivity contribution in [3.63, 3.8) is 0 Å². The van der Waals surface area contributed by atoms with Gasteiger partial charge in [-0.15, -0.1) is 0 Å². The van der Waals surface area contributed by atoms with Crippen molar-refractivity contribution in [1.82, 2.24) is 4.98 Å². The van der Waals surface area contributed by atoms with Crippen LogP contribution in [0.1, 0.15) is 0 Å². The van der Waals surface area contributed by atoms with E-state index in [1.165, 1.54) is 12.1 Å². The van der Waals surface area contributed by atoms with Crippen LogP contribution < -0.4 is 0 Å². The van der Waals surface area contributed by atoms with Crippen molar-refractivity contribution in [2.75, 3.05) is 0 Å². The summed E-state index contributed by atoms with van der Waals surface area (Å²) in [6, 6.07) is 25.9. The number of aromatic nitrogens is 1. The molecule has 0 bridgehead atoms. The molecule has 148 valence electrons. The second kappa shape index (κ2) is 6.82. The summed E-state index contributed by atoms with van der Waals surface area (Å²) in [5.74, 6) is -1.24. The highest BCUT2D eigenvalue weighted by molar-refractivity contribution is 9.10. The summed E-state index contributed by atoms with van der Waals surface area (Å²) in [4.78, 5) is 4.91. The Hall–Kier alpha value is -3.37. The molecule has 0 spiro atoms. The molecule has 0 aliphatic rings. The van der Waals surface area contributed by atoms with Gasteiger partial charge in [0.15, 0.2) is 0 Å². The summed E-state index contributed by atoms with van der Waals surface area (Å²) < 4.78 is 29.3. The van der Waals surface area contributed by atoms with Crippen LogP contribution >= 0.6 is 15.9 Å². The minimum Gasteiger partial charge on any atom is -0.247 e. The van der Waals surface area contributed by atoms with Gasteiger partial charge >= 0.3 is 0 Å². The molecule has 0 saturated heterocycles. The van der Waals surface area contributed by atoms with E-state index in [1.54, 1.807) is 0 Å². The molecule has 31 heavy (non-hydrogen) atoms. The second-order valence-electron chi connectivity index (χ2n) is 7.62. The van der Waals surface area contributed by atoms with Crippen LogP contribution in [0, 0.1) is 11.6 Å². The Morgan fingerprint density at radius 2 is 1.16 bits per heavy atom. The first-order valence-electron chi connectivity index (χ1n) is 9.89. The van der Waals surface area contributed by atoms with Gasteiger partial charge in [-0.3, -0.25) is 0 Å². The van der Waals surface area contributed by atoms with Gasteiger partial charge in [0.05, 0.1) is 11.2 Å². The molecule has 4 heteroatoms. The van der Waals surface area contributed by atoms with Gasteiger partial charge in [0.25, 0.3) is 0 Å². The Balaban J connectivity index is 1.97. The van der Waals surface area contributed by atoms with Gasteiger partial charge in [-0.2, -0.15) is 0 Å². The van der Waals surface area contributed by atoms with E-state index in [-0.39, 0.29) is 0 Å². The van der Waals surface area contributed by atoms with E-state index in [9.17, 15) is 8.78 Å². The summed E-state index contributed by atoms with van der Waals surface area (Å²) in [6.07, 6.45) is 0. The largest absolute Gasteiger partial charge is 0.247 e. The third kappa shape index (κ3) is 2.82. The second-order valence-corrected chi connectivity index (χ2v) is 8.54. The molecular formula is C27H14BrF2N. The molecule has 0 unspecified atom stereocenters. The summed E-state index contributed by atoms with van der Waals surface area (Å²) in [5, 5.41) is 7.25. The molecule has 0 saturated carbocycles. The Labute approximate surface area is 185 Å². The zero-order valence-electron chi connectivity index (χ0n) is 16.2. The van der Waals surface area contributed by atoms with Gasteiger partial charge in [-0.05, 0) is 45.8 Å². The van der Waals surface area contributed by atoms with Crippen LogP contribution in [-0.2, 0) is 0 Å². The Morgan fingerprint density at radius 3 is 1.81 bits per heavy atom. The number of halogens is 3. The van der Waals surface area contributed by atoms with Crippen LogP contribution in [0.3, 0.4) is 0 Å². The average Bonchev–Trinajstić information content (AvgIpc) is 2.77. The van der Waals surface area contributed by atoms with Crippen molar-refractivity contribution in [2.45, 2.75) is 0 Å². The topological polar surface area (TPSA) is 12.9 Å². The summed E-state index contributed by atoms with van der Waals surface area (Å²) in [5.41, 5.74) is 1.76. The molecule has 6 rings (SSSR count). The van der Waals surface area contributed by atoms with E-state index in [1.807, 2.05) is 42.5 Å². The van der Waals surface area contributed by atoms with E-state index in [0.717, 1.165) is 53.8 Å². The molecule has 0 amide bonds. The molecule has 0 radical (unpaired) electrons. The zero-order chi connectivity index (χ0) is 21.1. The van der Waals surface area contributed by atoms with E-state index in [4.69, 9.17) is 4.98 Å². The van der Waals surface area contributed by atoms with Crippen LogP contribution in [0.2, 0.25) is 0 Å². The maximum atomic E-state index is 14.2. The van der Waals surface area contributed by atoms with Crippen molar-refractivity contribution in [2.24, 2.45) is 0 Å². The number of benzene rings is 5. The molecule has 0 fully saturated rings. The van der Waals surface area contributed by atoms with Gasteiger partial charge in [0.1, 0.15) is 11.6 Å². The minimum absolute atomic E-state index is 0.421. The predicted molar refractivity (Wildman–Crippen MR) is 127 cm³/mol. The van der Waals surface area contributed by atoms with Gasteiger partial charge in [0.2, 0.25) is 0 Å². The Bertz CT molecular complexity index is 1650. The molecule has 5 aromatic carbocycles. The minimum atomic E-state index is -0.621. The standard InChI is InChI=1S/C27H14BrF2N/c28-16-9-10-23-24(13-16)31-27(15-11-17(29)14-18(30)12-15)26-22-8-4-2-6-20(22)19-5-1-3-7-21(19)25(23)26/h1-14H. The lowest BCUT2D eigenvalue weighted by Gasteiger charge is -2.16. The molecular weight excluding hydrogens is 456 g/mol. The first-order chi connectivity index (χ1) is 15.1. The van der Waals surface area contributed by atoms with Crippen molar-refractivity contribution in [3.05, 3.63) is 101 Å².